The van der Waals surface area contributed by atoms with Crippen LogP contribution in [-0.2, 0) is 0 Å². The van der Waals surface area contributed by atoms with Crippen molar-refractivity contribution < 1.29 is 4.39 Å². The average Bonchev–Trinajstić information content (AvgIpc) is 1.61. The Morgan fingerprint density at radius 1 is 1.33 bits per heavy atom. The lowest BCUT2D eigenvalue weighted by Crippen LogP contribution is -1.39. The maximum atomic E-state index is 10.9. The Morgan fingerprint density at radius 3 is 2.17 bits per heavy atom. The van der Waals surface area contributed by atoms with E-state index in [4.69, 9.17) is 0 Å². The summed E-state index contributed by atoms with van der Waals surface area (Å²) >= 11 is 0. The van der Waals surface area contributed by atoms with E-state index >= 15 is 0 Å². The third-order valence-electron chi connectivity index (χ3n) is 0.320. The molecule has 0 aromatic carbocycles. The second-order valence-electron chi connectivity index (χ2n) is 0.747. The molecule has 1 heteroatoms. The number of hydrogen-bond acceptors (Lipinski definition) is 0. The molecule has 0 aromatic heterocycles. The summed E-state index contributed by atoms with van der Waals surface area (Å²) in [6.07, 6.45) is 4.75. The Labute approximate surface area is 37.0 Å². The second kappa shape index (κ2) is 4.41. The highest BCUT2D eigenvalue weighted by atomic mass is 19.1. The third-order valence-corrected chi connectivity index (χ3v) is 0.320. The van der Waals surface area contributed by atoms with Crippen LogP contribution >= 0.6 is 0 Å². The lowest BCUT2D eigenvalue weighted by molar-refractivity contribution is 0.721. The van der Waals surface area contributed by atoms with Gasteiger partial charge in [0.25, 0.3) is 0 Å². The van der Waals surface area contributed by atoms with Crippen molar-refractivity contribution in [1.82, 2.24) is 0 Å². The highest BCUT2D eigenvalue weighted by Crippen LogP contribution is 1.73. The molecular formula is C5H6F. The van der Waals surface area contributed by atoms with Gasteiger partial charge in [-0.15, -0.1) is 0 Å². The van der Waals surface area contributed by atoms with Gasteiger partial charge in [0.05, 0.1) is 6.33 Å². The minimum Gasteiger partial charge on any atom is -0.216 e. The monoisotopic (exact) mass is 85.0 g/mol. The largest absolute Gasteiger partial charge is 0.216 e. The molecule has 1 radical (unpaired) electrons. The number of halogens is 1. The van der Waals surface area contributed by atoms with Crippen LogP contribution in [0.25, 0.3) is 0 Å². The van der Waals surface area contributed by atoms with Gasteiger partial charge in [0.2, 0.25) is 0 Å². The Kier molecular flexibility index (Phi) is 3.98. The molecule has 0 bridgehead atoms. The van der Waals surface area contributed by atoms with Gasteiger partial charge >= 0.3 is 0 Å². The van der Waals surface area contributed by atoms with Crippen LogP contribution in [0.2, 0.25) is 0 Å². The van der Waals surface area contributed by atoms with Crippen molar-refractivity contribution >= 4 is 0 Å². The molecule has 0 atom stereocenters. The minimum absolute atomic E-state index is 0.460. The van der Waals surface area contributed by atoms with Gasteiger partial charge in [-0.05, 0) is 13.0 Å². The summed E-state index contributed by atoms with van der Waals surface area (Å²) in [7, 11) is 0. The fourth-order valence-corrected chi connectivity index (χ4v) is 0.121. The first-order chi connectivity index (χ1) is 2.91. The van der Waals surface area contributed by atoms with Gasteiger partial charge in [-0.3, -0.25) is 0 Å². The van der Waals surface area contributed by atoms with E-state index in [0.717, 1.165) is 0 Å². The van der Waals surface area contributed by atoms with Crippen LogP contribution in [0.3, 0.4) is 0 Å². The molecule has 0 aliphatic rings. The molecule has 0 amide bonds. The van der Waals surface area contributed by atoms with Crippen LogP contribution in [-0.4, -0.2) is 0 Å². The van der Waals surface area contributed by atoms with Crippen molar-refractivity contribution in [3.05, 3.63) is 31.5 Å². The van der Waals surface area contributed by atoms with Crippen molar-refractivity contribution in [2.45, 2.75) is 0 Å². The van der Waals surface area contributed by atoms with E-state index in [1.807, 2.05) is 0 Å². The molecule has 0 rings (SSSR count). The lowest BCUT2D eigenvalue weighted by Gasteiger charge is -1.60. The van der Waals surface area contributed by atoms with Crippen LogP contribution in [0.5, 0.6) is 0 Å². The van der Waals surface area contributed by atoms with Gasteiger partial charge < -0.3 is 0 Å². The van der Waals surface area contributed by atoms with Crippen molar-refractivity contribution in [3.8, 4) is 0 Å². The molecule has 0 fully saturated rings. The summed E-state index contributed by atoms with van der Waals surface area (Å²) in [4.78, 5) is 0. The van der Waals surface area contributed by atoms with E-state index in [2.05, 4.69) is 6.92 Å². The molecule has 0 spiro atoms. The zero-order valence-corrected chi connectivity index (χ0v) is 3.39. The minimum atomic E-state index is 0.460. The lowest BCUT2D eigenvalue weighted by atomic mass is 10.5. The zero-order chi connectivity index (χ0) is 4.83. The molecule has 0 N–H and O–H groups in total. The van der Waals surface area contributed by atoms with Crippen molar-refractivity contribution in [2.75, 3.05) is 0 Å². The Balaban J connectivity index is 3.07. The van der Waals surface area contributed by atoms with Gasteiger partial charge in [-0.2, -0.15) is 0 Å². The van der Waals surface area contributed by atoms with E-state index in [9.17, 15) is 4.39 Å². The van der Waals surface area contributed by atoms with Gasteiger partial charge in [0.15, 0.2) is 0 Å². The standard InChI is InChI=1S/C5H6F/c1-2-3-4-5-6/h2-5H,1H2. The first kappa shape index (κ1) is 5.41. The van der Waals surface area contributed by atoms with E-state index in [0.29, 0.717) is 6.33 Å². The third kappa shape index (κ3) is 3.41. The molecular weight excluding hydrogens is 79.1 g/mol. The first-order valence-electron chi connectivity index (χ1n) is 1.63. The maximum absolute atomic E-state index is 10.9. The van der Waals surface area contributed by atoms with Crippen LogP contribution in [0.1, 0.15) is 0 Å². The second-order valence-corrected chi connectivity index (χ2v) is 0.747. The summed E-state index contributed by atoms with van der Waals surface area (Å²) in [6, 6.07) is 0. The molecule has 0 aromatic rings. The van der Waals surface area contributed by atoms with Gasteiger partial charge in [0, 0.05) is 0 Å². The normalized spacial score (nSPS) is 11.7. The van der Waals surface area contributed by atoms with E-state index in [1.54, 1.807) is 0 Å². The number of rotatable bonds is 1. The van der Waals surface area contributed by atoms with E-state index in [-0.39, 0.29) is 0 Å². The maximum Gasteiger partial charge on any atom is 0.0866 e. The fraction of sp³-hybridized carbons (Fsp3) is 0. The predicted molar refractivity (Wildman–Crippen MR) is 24.7 cm³/mol. The molecule has 0 aliphatic heterocycles. The van der Waals surface area contributed by atoms with Crippen molar-refractivity contribution in [3.63, 3.8) is 0 Å². The fourth-order valence-electron chi connectivity index (χ4n) is 0.121. The Hall–Kier alpha value is -0.590. The summed E-state index contributed by atoms with van der Waals surface area (Å²) < 4.78 is 10.9. The summed E-state index contributed by atoms with van der Waals surface area (Å²) in [5, 5.41) is 0. The smallest absolute Gasteiger partial charge is 0.0866 e. The number of hydrogen-bond donors (Lipinski definition) is 0. The summed E-state index contributed by atoms with van der Waals surface area (Å²) in [5.74, 6) is 0. The zero-order valence-electron chi connectivity index (χ0n) is 3.39. The molecule has 0 saturated heterocycles. The van der Waals surface area contributed by atoms with E-state index < -0.39 is 0 Å². The Morgan fingerprint density at radius 2 is 2.00 bits per heavy atom. The molecule has 0 heterocycles. The molecule has 33 valence electrons. The average molecular weight is 85.1 g/mol. The van der Waals surface area contributed by atoms with Crippen molar-refractivity contribution in [2.24, 2.45) is 0 Å². The molecule has 0 unspecified atom stereocenters. The highest BCUT2D eigenvalue weighted by molar-refractivity contribution is 5.00. The first-order valence-corrected chi connectivity index (χ1v) is 1.63. The van der Waals surface area contributed by atoms with Crippen LogP contribution in [0.15, 0.2) is 24.6 Å². The SMILES string of the molecule is [CH2]C=CC=CF. The van der Waals surface area contributed by atoms with Gasteiger partial charge in [0.1, 0.15) is 0 Å². The molecule has 0 aliphatic carbocycles. The summed E-state index contributed by atoms with van der Waals surface area (Å²) in [6.45, 7) is 3.32. The highest BCUT2D eigenvalue weighted by Gasteiger charge is 1.51. The molecule has 0 saturated carbocycles. The van der Waals surface area contributed by atoms with Gasteiger partial charge in [-0.1, -0.05) is 12.2 Å². The van der Waals surface area contributed by atoms with E-state index in [1.165, 1.54) is 18.2 Å². The topological polar surface area (TPSA) is 0 Å². The molecule has 0 nitrogen and oxygen atoms in total. The predicted octanol–water partition coefficient (Wildman–Crippen LogP) is 1.86. The van der Waals surface area contributed by atoms with Crippen LogP contribution in [0.4, 0.5) is 4.39 Å². The Bertz CT molecular complexity index is 52.3. The van der Waals surface area contributed by atoms with Crippen molar-refractivity contribution in [1.29, 1.82) is 0 Å². The van der Waals surface area contributed by atoms with Crippen LogP contribution < -0.4 is 0 Å². The van der Waals surface area contributed by atoms with Gasteiger partial charge in [-0.25, -0.2) is 4.39 Å². The molecule has 6 heavy (non-hydrogen) atoms. The van der Waals surface area contributed by atoms with Crippen LogP contribution in [0, 0.1) is 6.92 Å². The summed E-state index contributed by atoms with van der Waals surface area (Å²) in [5.41, 5.74) is 0. The quantitative estimate of drug-likeness (QED) is 0.426. The number of allylic oxidation sites excluding steroid dienone is 3.